The number of carbonyl (C=O) groups is 2. The number of likely N-dealkylation sites (tertiary alicyclic amines) is 1. The molecule has 3 N–H and O–H groups in total. The highest BCUT2D eigenvalue weighted by Gasteiger charge is 2.24. The lowest BCUT2D eigenvalue weighted by molar-refractivity contribution is -0.119. The maximum Gasteiger partial charge on any atom is 0.323 e. The van der Waals surface area contributed by atoms with Crippen LogP contribution in [0.4, 0.5) is 20.7 Å². The molecule has 0 radical (unpaired) electrons. The van der Waals surface area contributed by atoms with Crippen LogP contribution in [0.25, 0.3) is 0 Å². The highest BCUT2D eigenvalue weighted by Crippen LogP contribution is 2.26. The number of benzene rings is 2. The maximum atomic E-state index is 14.8. The van der Waals surface area contributed by atoms with Gasteiger partial charge in [-0.3, -0.25) is 10.1 Å². The summed E-state index contributed by atoms with van der Waals surface area (Å²) in [6.07, 6.45) is 3.19. The third-order valence-electron chi connectivity index (χ3n) is 6.22. The number of ether oxygens (including phenoxy) is 1. The molecule has 4 rings (SSSR count). The fraction of sp³-hybridized carbons (Fsp3) is 0.296. The molecule has 1 saturated heterocycles. The molecule has 1 aromatic heterocycles. The number of amides is 3. The molecule has 3 amide bonds. The van der Waals surface area contributed by atoms with Gasteiger partial charge in [-0.05, 0) is 56.9 Å². The third kappa shape index (κ3) is 8.16. The Balaban J connectivity index is 1.29. The van der Waals surface area contributed by atoms with Crippen molar-refractivity contribution in [3.8, 4) is 11.6 Å². The fourth-order valence-corrected chi connectivity index (χ4v) is 4.36. The molecule has 0 saturated carbocycles. The molecule has 2 aromatic carbocycles. The summed E-state index contributed by atoms with van der Waals surface area (Å²) in [4.78, 5) is 36.8. The lowest BCUT2D eigenvalue weighted by Crippen LogP contribution is -2.46. The molecule has 1 fully saturated rings. The average Bonchev–Trinajstić information content (AvgIpc) is 2.91. The number of halogens is 1. The van der Waals surface area contributed by atoms with Crippen LogP contribution in [-0.4, -0.2) is 70.0 Å². The van der Waals surface area contributed by atoms with Gasteiger partial charge in [0.1, 0.15) is 12.1 Å². The Morgan fingerprint density at radius 2 is 1.82 bits per heavy atom. The number of rotatable bonds is 7. The molecule has 2 heterocycles. The molecular formula is C27H30FN7O3S. The number of piperidine rings is 1. The van der Waals surface area contributed by atoms with Crippen LogP contribution in [0.2, 0.25) is 0 Å². The number of nitrogens with one attached hydrogen (secondary N) is 3. The molecule has 0 bridgehead atoms. The van der Waals surface area contributed by atoms with E-state index in [2.05, 4.69) is 30.8 Å². The number of hydrogen-bond donors (Lipinski definition) is 3. The van der Waals surface area contributed by atoms with E-state index in [1.165, 1.54) is 24.5 Å². The second-order valence-corrected chi connectivity index (χ2v) is 9.67. The van der Waals surface area contributed by atoms with Crippen LogP contribution < -0.4 is 20.7 Å². The standard InChI is InChI=1S/C27H30FN7O3S/c1-34(2)20-10-12-35(13-11-20)27(37)32-23-16-25(30-17-29-23)38-22-9-8-19(15-21(22)28)31-26(39)33-24(36)14-18-6-4-3-5-7-18/h3-9,15-17,20H,10-14H2,1-2H3,(H,29,30,32,37)(H2,31,33,36,39). The Labute approximate surface area is 231 Å². The third-order valence-corrected chi connectivity index (χ3v) is 6.43. The van der Waals surface area contributed by atoms with Crippen molar-refractivity contribution >= 4 is 40.8 Å². The fourth-order valence-electron chi connectivity index (χ4n) is 4.13. The molecule has 0 unspecified atom stereocenters. The number of carbonyl (C=O) groups excluding carboxylic acids is 2. The number of aromatic nitrogens is 2. The van der Waals surface area contributed by atoms with Gasteiger partial charge in [0.2, 0.25) is 11.8 Å². The zero-order valence-electron chi connectivity index (χ0n) is 21.7. The van der Waals surface area contributed by atoms with Crippen molar-refractivity contribution in [2.75, 3.05) is 37.8 Å². The van der Waals surface area contributed by atoms with E-state index in [1.807, 2.05) is 44.4 Å². The predicted octanol–water partition coefficient (Wildman–Crippen LogP) is 4.02. The topological polar surface area (TPSA) is 112 Å². The van der Waals surface area contributed by atoms with E-state index < -0.39 is 5.82 Å². The summed E-state index contributed by atoms with van der Waals surface area (Å²) in [5, 5.41) is 8.15. The van der Waals surface area contributed by atoms with Crippen LogP contribution in [0.1, 0.15) is 18.4 Å². The first-order valence-electron chi connectivity index (χ1n) is 12.4. The summed E-state index contributed by atoms with van der Waals surface area (Å²) in [6, 6.07) is 15.0. The van der Waals surface area contributed by atoms with Gasteiger partial charge in [-0.2, -0.15) is 0 Å². The predicted molar refractivity (Wildman–Crippen MR) is 150 cm³/mol. The number of hydrogen-bond acceptors (Lipinski definition) is 7. The van der Waals surface area contributed by atoms with Gasteiger partial charge in [0.15, 0.2) is 16.7 Å². The summed E-state index contributed by atoms with van der Waals surface area (Å²) in [6.45, 7) is 1.30. The quantitative estimate of drug-likeness (QED) is 0.378. The van der Waals surface area contributed by atoms with Gasteiger partial charge < -0.3 is 25.2 Å². The van der Waals surface area contributed by atoms with E-state index in [-0.39, 0.29) is 40.9 Å². The van der Waals surface area contributed by atoms with Crippen LogP contribution in [0.3, 0.4) is 0 Å². The highest BCUT2D eigenvalue weighted by molar-refractivity contribution is 7.80. The molecular weight excluding hydrogens is 521 g/mol. The molecule has 39 heavy (non-hydrogen) atoms. The second-order valence-electron chi connectivity index (χ2n) is 9.27. The van der Waals surface area contributed by atoms with Crippen LogP contribution in [0.5, 0.6) is 11.6 Å². The van der Waals surface area contributed by atoms with Crippen molar-refractivity contribution in [2.45, 2.75) is 25.3 Å². The van der Waals surface area contributed by atoms with Crippen LogP contribution >= 0.6 is 12.2 Å². The van der Waals surface area contributed by atoms with Gasteiger partial charge in [0, 0.05) is 37.0 Å². The monoisotopic (exact) mass is 551 g/mol. The van der Waals surface area contributed by atoms with Crippen LogP contribution in [0, 0.1) is 5.82 Å². The lowest BCUT2D eigenvalue weighted by atomic mass is 10.0. The molecule has 3 aromatic rings. The first kappa shape index (κ1) is 27.9. The molecule has 0 atom stereocenters. The Morgan fingerprint density at radius 1 is 1.08 bits per heavy atom. The largest absolute Gasteiger partial charge is 0.436 e. The summed E-state index contributed by atoms with van der Waals surface area (Å²) in [5.74, 6) is -0.735. The Hall–Kier alpha value is -4.16. The van der Waals surface area contributed by atoms with Crippen LogP contribution in [0.15, 0.2) is 60.9 Å². The van der Waals surface area contributed by atoms with Gasteiger partial charge in [0.25, 0.3) is 0 Å². The number of nitrogens with zero attached hydrogens (tertiary/aromatic N) is 4. The zero-order chi connectivity index (χ0) is 27.8. The van der Waals surface area contributed by atoms with Crippen molar-refractivity contribution in [1.82, 2.24) is 25.1 Å². The van der Waals surface area contributed by atoms with Gasteiger partial charge in [-0.1, -0.05) is 30.3 Å². The number of thiocarbonyl (C=S) groups is 1. The van der Waals surface area contributed by atoms with E-state index in [4.69, 9.17) is 17.0 Å². The molecule has 204 valence electrons. The summed E-state index contributed by atoms with van der Waals surface area (Å²) in [7, 11) is 4.08. The van der Waals surface area contributed by atoms with Crippen LogP contribution in [-0.2, 0) is 11.2 Å². The van der Waals surface area contributed by atoms with Crippen molar-refractivity contribution in [1.29, 1.82) is 0 Å². The zero-order valence-corrected chi connectivity index (χ0v) is 22.5. The smallest absolute Gasteiger partial charge is 0.323 e. The minimum absolute atomic E-state index is 0.0473. The molecule has 12 heteroatoms. The Morgan fingerprint density at radius 3 is 2.51 bits per heavy atom. The van der Waals surface area contributed by atoms with Crippen molar-refractivity contribution in [3.05, 3.63) is 72.3 Å². The van der Waals surface area contributed by atoms with E-state index >= 15 is 0 Å². The minimum Gasteiger partial charge on any atom is -0.436 e. The van der Waals surface area contributed by atoms with E-state index in [0.717, 1.165) is 18.4 Å². The maximum absolute atomic E-state index is 14.8. The lowest BCUT2D eigenvalue weighted by Gasteiger charge is -2.35. The van der Waals surface area contributed by atoms with Gasteiger partial charge >= 0.3 is 6.03 Å². The minimum atomic E-state index is -0.675. The van der Waals surface area contributed by atoms with E-state index in [1.54, 1.807) is 11.0 Å². The first-order valence-corrected chi connectivity index (χ1v) is 12.8. The molecule has 10 nitrogen and oxygen atoms in total. The van der Waals surface area contributed by atoms with Crippen molar-refractivity contribution in [2.24, 2.45) is 0 Å². The van der Waals surface area contributed by atoms with Gasteiger partial charge in [-0.15, -0.1) is 0 Å². The SMILES string of the molecule is CN(C)C1CCN(C(=O)Nc2cc(Oc3ccc(NC(=S)NC(=O)Cc4ccccc4)cc3F)ncn2)CC1. The van der Waals surface area contributed by atoms with Crippen molar-refractivity contribution in [3.63, 3.8) is 0 Å². The second kappa shape index (κ2) is 13.1. The molecule has 0 spiro atoms. The van der Waals surface area contributed by atoms with Gasteiger partial charge in [0.05, 0.1) is 6.42 Å². The average molecular weight is 552 g/mol. The highest BCUT2D eigenvalue weighted by atomic mass is 32.1. The van der Waals surface area contributed by atoms with Crippen molar-refractivity contribution < 1.29 is 18.7 Å². The molecule has 1 aliphatic rings. The Bertz CT molecular complexity index is 1320. The number of urea groups is 1. The Kier molecular flexibility index (Phi) is 9.34. The van der Waals surface area contributed by atoms with Gasteiger partial charge in [-0.25, -0.2) is 19.2 Å². The van der Waals surface area contributed by atoms with E-state index in [9.17, 15) is 14.0 Å². The number of anilines is 2. The first-order chi connectivity index (χ1) is 18.8. The normalized spacial score (nSPS) is 13.6. The molecule has 1 aliphatic heterocycles. The summed E-state index contributed by atoms with van der Waals surface area (Å²) < 4.78 is 20.3. The summed E-state index contributed by atoms with van der Waals surface area (Å²) >= 11 is 5.17. The summed E-state index contributed by atoms with van der Waals surface area (Å²) in [5.41, 5.74) is 1.18. The van der Waals surface area contributed by atoms with E-state index in [0.29, 0.717) is 24.8 Å². The molecule has 0 aliphatic carbocycles.